The highest BCUT2D eigenvalue weighted by Crippen LogP contribution is 2.24. The van der Waals surface area contributed by atoms with Crippen molar-refractivity contribution in [2.24, 2.45) is 5.73 Å². The molecule has 0 aromatic heterocycles. The van der Waals surface area contributed by atoms with Crippen molar-refractivity contribution >= 4 is 5.84 Å². The van der Waals surface area contributed by atoms with Crippen molar-refractivity contribution in [1.29, 1.82) is 10.7 Å². The number of nitriles is 1. The summed E-state index contributed by atoms with van der Waals surface area (Å²) >= 11 is 0. The summed E-state index contributed by atoms with van der Waals surface area (Å²) in [6, 6.07) is 15.3. The Morgan fingerprint density at radius 3 is 2.35 bits per heavy atom. The lowest BCUT2D eigenvalue weighted by Crippen LogP contribution is -2.11. The summed E-state index contributed by atoms with van der Waals surface area (Å²) in [6.07, 6.45) is 0. The van der Waals surface area contributed by atoms with E-state index in [-0.39, 0.29) is 11.3 Å². The van der Waals surface area contributed by atoms with E-state index in [0.29, 0.717) is 23.5 Å². The number of hydrogen-bond donors (Lipinski definition) is 2. The van der Waals surface area contributed by atoms with Crippen LogP contribution in [0.1, 0.15) is 43.0 Å². The average molecular weight is 307 g/mol. The number of nitrogen functional groups attached to an aromatic ring is 1. The Bertz CT molecular complexity index is 750. The second-order valence-corrected chi connectivity index (χ2v) is 6.47. The molecule has 0 aliphatic carbocycles. The number of benzene rings is 2. The topological polar surface area (TPSA) is 82.9 Å². The molecule has 0 aliphatic rings. The molecule has 0 saturated heterocycles. The summed E-state index contributed by atoms with van der Waals surface area (Å²) < 4.78 is 5.74. The largest absolute Gasteiger partial charge is 0.488 e. The molecule has 3 N–H and O–H groups in total. The molecular formula is C19H21N3O. The summed E-state index contributed by atoms with van der Waals surface area (Å²) in [7, 11) is 0. The molecule has 2 aromatic carbocycles. The van der Waals surface area contributed by atoms with Crippen molar-refractivity contribution in [3.63, 3.8) is 0 Å². The monoisotopic (exact) mass is 307 g/mol. The van der Waals surface area contributed by atoms with Crippen LogP contribution in [0.2, 0.25) is 0 Å². The van der Waals surface area contributed by atoms with Gasteiger partial charge in [0.2, 0.25) is 0 Å². The molecule has 0 radical (unpaired) electrons. The zero-order chi connectivity index (χ0) is 17.0. The highest BCUT2D eigenvalue weighted by molar-refractivity contribution is 5.95. The maximum atomic E-state index is 9.21. The minimum atomic E-state index is -0.0641. The molecule has 23 heavy (non-hydrogen) atoms. The van der Waals surface area contributed by atoms with Gasteiger partial charge in [-0.2, -0.15) is 5.26 Å². The molecule has 2 aromatic rings. The zero-order valence-corrected chi connectivity index (χ0v) is 13.7. The van der Waals surface area contributed by atoms with Crippen LogP contribution in [0.25, 0.3) is 0 Å². The minimum Gasteiger partial charge on any atom is -0.488 e. The molecule has 0 fully saturated rings. The highest BCUT2D eigenvalue weighted by atomic mass is 16.5. The van der Waals surface area contributed by atoms with Crippen molar-refractivity contribution in [1.82, 2.24) is 0 Å². The Labute approximate surface area is 137 Å². The summed E-state index contributed by atoms with van der Waals surface area (Å²) in [6.45, 7) is 6.91. The van der Waals surface area contributed by atoms with E-state index in [2.05, 4.69) is 39.0 Å². The molecule has 0 bridgehead atoms. The second kappa shape index (κ2) is 6.53. The van der Waals surface area contributed by atoms with Gasteiger partial charge in [-0.1, -0.05) is 45.0 Å². The lowest BCUT2D eigenvalue weighted by atomic mass is 9.87. The van der Waals surface area contributed by atoms with Crippen LogP contribution in [0, 0.1) is 16.7 Å². The van der Waals surface area contributed by atoms with Crippen LogP contribution in [0.15, 0.2) is 42.5 Å². The Morgan fingerprint density at radius 2 is 1.83 bits per heavy atom. The van der Waals surface area contributed by atoms with Gasteiger partial charge in [0.25, 0.3) is 0 Å². The number of ether oxygens (including phenoxy) is 1. The highest BCUT2D eigenvalue weighted by Gasteiger charge is 2.13. The first kappa shape index (κ1) is 16.6. The number of nitrogens with one attached hydrogen (secondary N) is 1. The fourth-order valence-corrected chi connectivity index (χ4v) is 2.17. The van der Waals surface area contributed by atoms with E-state index >= 15 is 0 Å². The van der Waals surface area contributed by atoms with Crippen molar-refractivity contribution in [3.8, 4) is 11.8 Å². The van der Waals surface area contributed by atoms with Crippen LogP contribution in [-0.2, 0) is 12.0 Å². The molecule has 4 nitrogen and oxygen atoms in total. The van der Waals surface area contributed by atoms with Gasteiger partial charge in [-0.05, 0) is 34.7 Å². The number of amidine groups is 1. The summed E-state index contributed by atoms with van der Waals surface area (Å²) in [5.74, 6) is 0.434. The lowest BCUT2D eigenvalue weighted by Gasteiger charge is -2.19. The summed E-state index contributed by atoms with van der Waals surface area (Å²) in [5, 5.41) is 16.6. The van der Waals surface area contributed by atoms with E-state index in [1.54, 1.807) is 18.2 Å². The number of nitrogens with zero attached hydrogens (tertiary/aromatic N) is 1. The van der Waals surface area contributed by atoms with Gasteiger partial charge in [0.15, 0.2) is 0 Å². The SMILES string of the molecule is CC(C)(C)c1ccc(COc2ccc(C(=N)N)cc2C#N)cc1. The Morgan fingerprint density at radius 1 is 1.17 bits per heavy atom. The van der Waals surface area contributed by atoms with Gasteiger partial charge in [0, 0.05) is 5.56 Å². The molecular weight excluding hydrogens is 286 g/mol. The first-order valence-corrected chi connectivity index (χ1v) is 7.42. The third kappa shape index (κ3) is 4.10. The van der Waals surface area contributed by atoms with Crippen LogP contribution < -0.4 is 10.5 Å². The fraction of sp³-hybridized carbons (Fsp3) is 0.263. The molecule has 0 saturated carbocycles. The minimum absolute atomic E-state index is 0.0641. The van der Waals surface area contributed by atoms with Crippen LogP contribution in [0.5, 0.6) is 5.75 Å². The second-order valence-electron chi connectivity index (χ2n) is 6.47. The number of rotatable bonds is 4. The van der Waals surface area contributed by atoms with Gasteiger partial charge in [-0.3, -0.25) is 5.41 Å². The Hall–Kier alpha value is -2.80. The maximum Gasteiger partial charge on any atom is 0.137 e. The standard InChI is InChI=1S/C19H21N3O/c1-19(2,3)16-7-4-13(5-8-16)12-23-17-9-6-14(18(21)22)10-15(17)11-20/h4-10H,12H2,1-3H3,(H3,21,22). The van der Waals surface area contributed by atoms with E-state index in [9.17, 15) is 5.26 Å². The van der Waals surface area contributed by atoms with Crippen molar-refractivity contribution in [2.75, 3.05) is 0 Å². The predicted octanol–water partition coefficient (Wildman–Crippen LogP) is 3.72. The van der Waals surface area contributed by atoms with E-state index in [1.165, 1.54) is 5.56 Å². The zero-order valence-electron chi connectivity index (χ0n) is 13.7. The van der Waals surface area contributed by atoms with Crippen LogP contribution in [0.4, 0.5) is 0 Å². The smallest absolute Gasteiger partial charge is 0.137 e. The Kier molecular flexibility index (Phi) is 4.71. The van der Waals surface area contributed by atoms with E-state index < -0.39 is 0 Å². The van der Waals surface area contributed by atoms with Crippen LogP contribution in [0.3, 0.4) is 0 Å². The quantitative estimate of drug-likeness (QED) is 0.667. The molecule has 4 heteroatoms. The van der Waals surface area contributed by atoms with Crippen molar-refractivity contribution in [3.05, 3.63) is 64.7 Å². The lowest BCUT2D eigenvalue weighted by molar-refractivity contribution is 0.305. The van der Waals surface area contributed by atoms with Gasteiger partial charge in [-0.15, -0.1) is 0 Å². The third-order valence-corrected chi connectivity index (χ3v) is 3.63. The number of hydrogen-bond acceptors (Lipinski definition) is 3. The van der Waals surface area contributed by atoms with E-state index in [0.717, 1.165) is 5.56 Å². The van der Waals surface area contributed by atoms with Crippen molar-refractivity contribution < 1.29 is 4.74 Å². The van der Waals surface area contributed by atoms with Gasteiger partial charge < -0.3 is 10.5 Å². The first-order valence-electron chi connectivity index (χ1n) is 7.42. The summed E-state index contributed by atoms with van der Waals surface area (Å²) in [4.78, 5) is 0. The molecule has 0 aliphatic heterocycles. The average Bonchev–Trinajstić information content (AvgIpc) is 2.52. The summed E-state index contributed by atoms with van der Waals surface area (Å²) in [5.41, 5.74) is 8.76. The maximum absolute atomic E-state index is 9.21. The molecule has 0 heterocycles. The van der Waals surface area contributed by atoms with Gasteiger partial charge in [-0.25, -0.2) is 0 Å². The first-order chi connectivity index (χ1) is 10.8. The fourth-order valence-electron chi connectivity index (χ4n) is 2.17. The predicted molar refractivity (Wildman–Crippen MR) is 91.6 cm³/mol. The van der Waals surface area contributed by atoms with Gasteiger partial charge >= 0.3 is 0 Å². The van der Waals surface area contributed by atoms with Gasteiger partial charge in [0.05, 0.1) is 5.56 Å². The van der Waals surface area contributed by atoms with E-state index in [4.69, 9.17) is 15.9 Å². The van der Waals surface area contributed by atoms with E-state index in [1.807, 2.05) is 12.1 Å². The van der Waals surface area contributed by atoms with Crippen LogP contribution >= 0.6 is 0 Å². The molecule has 0 atom stereocenters. The molecule has 0 amide bonds. The normalized spacial score (nSPS) is 10.9. The van der Waals surface area contributed by atoms with Crippen molar-refractivity contribution in [2.45, 2.75) is 32.8 Å². The number of nitrogens with two attached hydrogens (primary N) is 1. The molecule has 118 valence electrons. The third-order valence-electron chi connectivity index (χ3n) is 3.63. The molecule has 0 spiro atoms. The van der Waals surface area contributed by atoms with Crippen LogP contribution in [-0.4, -0.2) is 5.84 Å². The molecule has 0 unspecified atom stereocenters. The Balaban J connectivity index is 2.12. The molecule has 2 rings (SSSR count). The van der Waals surface area contributed by atoms with Gasteiger partial charge in [0.1, 0.15) is 24.3 Å².